The molecule has 0 saturated carbocycles. The Hall–Kier alpha value is -0.200. The molecule has 5 heteroatoms. The number of hydrogen-bond donors (Lipinski definition) is 4. The van der Waals surface area contributed by atoms with E-state index in [9.17, 15) is 10.2 Å². The molecule has 4 unspecified atom stereocenters. The second kappa shape index (κ2) is 4.35. The second-order valence-electron chi connectivity index (χ2n) is 4.76. The summed E-state index contributed by atoms with van der Waals surface area (Å²) in [6, 6.07) is -0.636. The lowest BCUT2D eigenvalue weighted by Gasteiger charge is -2.48. The zero-order chi connectivity index (χ0) is 11.8. The van der Waals surface area contributed by atoms with Crippen LogP contribution in [-0.2, 0) is 4.74 Å². The van der Waals surface area contributed by atoms with E-state index in [1.54, 1.807) is 0 Å². The summed E-state index contributed by atoms with van der Waals surface area (Å²) in [5.41, 5.74) is 4.30. The predicted octanol–water partition coefficient (Wildman–Crippen LogP) is -1.16. The van der Waals surface area contributed by atoms with E-state index in [4.69, 9.17) is 15.6 Å². The molecule has 0 aromatic carbocycles. The van der Waals surface area contributed by atoms with Crippen LogP contribution >= 0.6 is 0 Å². The average molecular weight is 219 g/mol. The van der Waals surface area contributed by atoms with Crippen LogP contribution in [0, 0.1) is 5.92 Å². The van der Waals surface area contributed by atoms with Crippen LogP contribution in [0.25, 0.3) is 0 Å². The summed E-state index contributed by atoms with van der Waals surface area (Å²) in [4.78, 5) is 0. The van der Waals surface area contributed by atoms with Gasteiger partial charge in [-0.05, 0) is 12.8 Å². The van der Waals surface area contributed by atoms with Gasteiger partial charge in [0, 0.05) is 0 Å². The van der Waals surface area contributed by atoms with Gasteiger partial charge in [-0.3, -0.25) is 0 Å². The van der Waals surface area contributed by atoms with Gasteiger partial charge in [-0.2, -0.15) is 0 Å². The zero-order valence-corrected chi connectivity index (χ0v) is 9.42. The van der Waals surface area contributed by atoms with Gasteiger partial charge in [0.1, 0.15) is 17.8 Å². The fraction of sp³-hybridized carbons (Fsp3) is 1.00. The summed E-state index contributed by atoms with van der Waals surface area (Å²) in [7, 11) is 0. The first-order valence-electron chi connectivity index (χ1n) is 5.24. The van der Waals surface area contributed by atoms with E-state index in [0.717, 1.165) is 0 Å². The van der Waals surface area contributed by atoms with Crippen molar-refractivity contribution in [1.82, 2.24) is 0 Å². The fourth-order valence-corrected chi connectivity index (χ4v) is 2.01. The Balaban J connectivity index is 2.88. The summed E-state index contributed by atoms with van der Waals surface area (Å²) in [6.07, 6.45) is -2.23. The molecular formula is C10H21NO4. The van der Waals surface area contributed by atoms with Crippen LogP contribution < -0.4 is 5.73 Å². The Morgan fingerprint density at radius 2 is 2.00 bits per heavy atom. The van der Waals surface area contributed by atoms with Crippen LogP contribution in [-0.4, -0.2) is 51.9 Å². The maximum Gasteiger partial charge on any atom is 0.118 e. The van der Waals surface area contributed by atoms with Crippen LogP contribution in [0.1, 0.15) is 20.8 Å². The van der Waals surface area contributed by atoms with Crippen LogP contribution in [0.15, 0.2) is 0 Å². The van der Waals surface area contributed by atoms with E-state index < -0.39 is 23.9 Å². The maximum absolute atomic E-state index is 9.96. The van der Waals surface area contributed by atoms with Gasteiger partial charge in [0.05, 0.1) is 18.8 Å². The monoisotopic (exact) mass is 219 g/mol. The molecule has 1 saturated heterocycles. The normalized spacial score (nSPS) is 47.2. The van der Waals surface area contributed by atoms with Crippen molar-refractivity contribution in [2.75, 3.05) is 6.61 Å². The lowest BCUT2D eigenvalue weighted by atomic mass is 9.80. The summed E-state index contributed by atoms with van der Waals surface area (Å²) in [5, 5.41) is 28.9. The van der Waals surface area contributed by atoms with Gasteiger partial charge in [0.25, 0.3) is 0 Å². The van der Waals surface area contributed by atoms with Crippen molar-refractivity contribution in [2.24, 2.45) is 11.7 Å². The van der Waals surface area contributed by atoms with E-state index in [1.165, 1.54) is 6.92 Å². The Morgan fingerprint density at radius 1 is 1.47 bits per heavy atom. The standard InChI is InChI=1S/C10H21NO4/c1-5(2)8-7(11)9(13)10(3,14)6(4-12)15-8/h5-9,12-14H,4,11H2,1-3H3/t6?,7?,8-,9?,10?/m0/s1. The van der Waals surface area contributed by atoms with Crippen molar-refractivity contribution in [3.05, 3.63) is 0 Å². The number of rotatable bonds is 2. The minimum absolute atomic E-state index is 0.125. The number of ether oxygens (including phenoxy) is 1. The Kier molecular flexibility index (Phi) is 3.73. The van der Waals surface area contributed by atoms with E-state index >= 15 is 0 Å². The molecule has 5 atom stereocenters. The topological polar surface area (TPSA) is 95.9 Å². The summed E-state index contributed by atoms with van der Waals surface area (Å²) in [6.45, 7) is 4.94. The van der Waals surface area contributed by atoms with Crippen molar-refractivity contribution in [3.63, 3.8) is 0 Å². The van der Waals surface area contributed by atoms with Gasteiger partial charge >= 0.3 is 0 Å². The molecule has 1 rings (SSSR count). The van der Waals surface area contributed by atoms with Crippen molar-refractivity contribution in [1.29, 1.82) is 0 Å². The highest BCUT2D eigenvalue weighted by atomic mass is 16.5. The molecule has 5 nitrogen and oxygen atoms in total. The third-order valence-corrected chi connectivity index (χ3v) is 3.14. The number of nitrogens with two attached hydrogens (primary N) is 1. The van der Waals surface area contributed by atoms with E-state index in [0.29, 0.717) is 0 Å². The van der Waals surface area contributed by atoms with Crippen molar-refractivity contribution >= 4 is 0 Å². The Bertz CT molecular complexity index is 213. The molecule has 1 fully saturated rings. The number of aliphatic hydroxyl groups excluding tert-OH is 2. The van der Waals surface area contributed by atoms with Gasteiger partial charge in [0.15, 0.2) is 0 Å². The van der Waals surface area contributed by atoms with Gasteiger partial charge in [0.2, 0.25) is 0 Å². The quantitative estimate of drug-likeness (QED) is 0.470. The number of aliphatic hydroxyl groups is 3. The first kappa shape index (κ1) is 12.9. The molecule has 0 aliphatic carbocycles. The van der Waals surface area contributed by atoms with E-state index in [1.807, 2.05) is 13.8 Å². The maximum atomic E-state index is 9.96. The average Bonchev–Trinajstić information content (AvgIpc) is 2.14. The molecule has 0 amide bonds. The highest BCUT2D eigenvalue weighted by Gasteiger charge is 2.51. The Morgan fingerprint density at radius 3 is 2.40 bits per heavy atom. The van der Waals surface area contributed by atoms with Crippen molar-refractivity contribution in [2.45, 2.75) is 50.7 Å². The molecular weight excluding hydrogens is 198 g/mol. The molecule has 0 bridgehead atoms. The lowest BCUT2D eigenvalue weighted by Crippen LogP contribution is -2.68. The fourth-order valence-electron chi connectivity index (χ4n) is 2.01. The van der Waals surface area contributed by atoms with E-state index in [2.05, 4.69) is 0 Å². The molecule has 0 spiro atoms. The molecule has 1 heterocycles. The second-order valence-corrected chi connectivity index (χ2v) is 4.76. The highest BCUT2D eigenvalue weighted by molar-refractivity contribution is 5.03. The van der Waals surface area contributed by atoms with Gasteiger partial charge in [-0.1, -0.05) is 13.8 Å². The first-order chi connectivity index (χ1) is 6.82. The molecule has 1 aliphatic rings. The third kappa shape index (κ3) is 2.16. The van der Waals surface area contributed by atoms with Gasteiger partial charge in [-0.25, -0.2) is 0 Å². The molecule has 0 radical (unpaired) electrons. The Labute approximate surface area is 89.9 Å². The molecule has 0 aromatic heterocycles. The minimum atomic E-state index is -1.50. The minimum Gasteiger partial charge on any atom is -0.394 e. The largest absolute Gasteiger partial charge is 0.394 e. The van der Waals surface area contributed by atoms with Crippen LogP contribution in [0.3, 0.4) is 0 Å². The third-order valence-electron chi connectivity index (χ3n) is 3.14. The summed E-state index contributed by atoms with van der Waals surface area (Å²) < 4.78 is 5.51. The predicted molar refractivity (Wildman–Crippen MR) is 55.2 cm³/mol. The summed E-state index contributed by atoms with van der Waals surface area (Å²) in [5.74, 6) is 0.125. The molecule has 1 aliphatic heterocycles. The van der Waals surface area contributed by atoms with Crippen LogP contribution in [0.4, 0.5) is 0 Å². The molecule has 0 aromatic rings. The van der Waals surface area contributed by atoms with Gasteiger partial charge < -0.3 is 25.8 Å². The van der Waals surface area contributed by atoms with Crippen LogP contribution in [0.5, 0.6) is 0 Å². The van der Waals surface area contributed by atoms with Crippen molar-refractivity contribution < 1.29 is 20.1 Å². The highest BCUT2D eigenvalue weighted by Crippen LogP contribution is 2.31. The molecule has 15 heavy (non-hydrogen) atoms. The van der Waals surface area contributed by atoms with Crippen molar-refractivity contribution in [3.8, 4) is 0 Å². The first-order valence-corrected chi connectivity index (χ1v) is 5.24. The molecule has 90 valence electrons. The summed E-state index contributed by atoms with van der Waals surface area (Å²) >= 11 is 0. The van der Waals surface area contributed by atoms with Gasteiger partial charge in [-0.15, -0.1) is 0 Å². The molecule has 5 N–H and O–H groups in total. The smallest absolute Gasteiger partial charge is 0.118 e. The van der Waals surface area contributed by atoms with Crippen LogP contribution in [0.2, 0.25) is 0 Å². The number of hydrogen-bond acceptors (Lipinski definition) is 5. The zero-order valence-electron chi connectivity index (χ0n) is 9.42. The SMILES string of the molecule is CC(C)[C@@H]1OC(CO)C(C)(O)C(O)C1N. The van der Waals surface area contributed by atoms with E-state index in [-0.39, 0.29) is 18.6 Å². The lowest BCUT2D eigenvalue weighted by molar-refractivity contribution is -0.243.